The van der Waals surface area contributed by atoms with Gasteiger partial charge in [-0.3, -0.25) is 0 Å². The second-order valence-electron chi connectivity index (χ2n) is 0.600. The van der Waals surface area contributed by atoms with Gasteiger partial charge in [0.05, 0.1) is 0 Å². The molecule has 8 heavy (non-hydrogen) atoms. The molecular formula is H8CaO4SiSrZn. The van der Waals surface area contributed by atoms with E-state index in [4.69, 9.17) is 19.2 Å². The van der Waals surface area contributed by atoms with Crippen molar-refractivity contribution >= 4 is 92.3 Å². The molecule has 0 bridgehead atoms. The summed E-state index contributed by atoms with van der Waals surface area (Å²) in [5, 5.41) is 0. The van der Waals surface area contributed by atoms with Crippen molar-refractivity contribution in [3.8, 4) is 0 Å². The van der Waals surface area contributed by atoms with Gasteiger partial charge in [-0.25, -0.2) is 0 Å². The molecule has 0 aromatic heterocycles. The van der Waals surface area contributed by atoms with E-state index in [0.717, 1.165) is 0 Å². The Morgan fingerprint density at radius 3 is 1.00 bits per heavy atom. The van der Waals surface area contributed by atoms with Gasteiger partial charge in [-0.2, -0.15) is 0 Å². The van der Waals surface area contributed by atoms with E-state index in [9.17, 15) is 0 Å². The monoisotopic (exact) mass is 292 g/mol. The minimum atomic E-state index is -4.61. The molecular weight excluding hydrogens is 285 g/mol. The van der Waals surface area contributed by atoms with Crippen molar-refractivity contribution in [2.75, 3.05) is 0 Å². The number of hydrogen-bond acceptors (Lipinski definition) is 4. The van der Waals surface area contributed by atoms with Crippen LogP contribution >= 0.6 is 0 Å². The smallest absolute Gasteiger partial charge is 1.00 e. The maximum absolute atomic E-state index is 7.33. The van der Waals surface area contributed by atoms with Crippen molar-refractivity contribution in [3.63, 3.8) is 0 Å². The summed E-state index contributed by atoms with van der Waals surface area (Å²) in [7, 11) is -4.61. The van der Waals surface area contributed by atoms with Crippen molar-refractivity contribution in [2.45, 2.75) is 0 Å². The van der Waals surface area contributed by atoms with E-state index >= 15 is 0 Å². The fourth-order valence-electron chi connectivity index (χ4n) is 0. The molecule has 0 saturated carbocycles. The second-order valence-corrected chi connectivity index (χ2v) is 1.80. The molecule has 0 aliphatic carbocycles. The molecule has 0 rings (SSSR count). The van der Waals surface area contributed by atoms with Crippen LogP contribution in [0.15, 0.2) is 0 Å². The molecule has 0 saturated heterocycles. The fourth-order valence-corrected chi connectivity index (χ4v) is 0. The van der Waals surface area contributed by atoms with Crippen LogP contribution < -0.4 is 0 Å². The molecule has 0 aromatic carbocycles. The van der Waals surface area contributed by atoms with E-state index in [-0.39, 0.29) is 108 Å². The van der Waals surface area contributed by atoms with E-state index in [2.05, 4.69) is 0 Å². The molecule has 4 N–H and O–H groups in total. The Morgan fingerprint density at radius 1 is 1.00 bits per heavy atom. The summed E-state index contributed by atoms with van der Waals surface area (Å²) >= 11 is 0. The predicted octanol–water partition coefficient (Wildman–Crippen LogP) is -2.92. The Balaban J connectivity index is -0.00000000381. The summed E-state index contributed by atoms with van der Waals surface area (Å²) in [4.78, 5) is 29.3. The molecule has 0 heterocycles. The van der Waals surface area contributed by atoms with Gasteiger partial charge < -0.3 is 24.9 Å². The molecule has 0 aliphatic heterocycles. The van der Waals surface area contributed by atoms with Crippen LogP contribution in [0.2, 0.25) is 0 Å². The molecule has 42 valence electrons. The number of rotatable bonds is 0. The van der Waals surface area contributed by atoms with E-state index in [1.165, 1.54) is 0 Å². The zero-order chi connectivity index (χ0) is 4.50. The standard InChI is InChI=1S/Ca.H4O4Si.Sr.Zn.4H/c;1-5(2,3)4;;;;;;/h;1-4H;;;;;;/q+2;;+2;;4*-1. The van der Waals surface area contributed by atoms with Gasteiger partial charge in [0.25, 0.3) is 0 Å². The van der Waals surface area contributed by atoms with Crippen molar-refractivity contribution in [1.82, 2.24) is 0 Å². The van der Waals surface area contributed by atoms with Gasteiger partial charge >= 0.3 is 92.3 Å². The largest absolute Gasteiger partial charge is 2.00 e. The minimum absolute atomic E-state index is 0. The van der Waals surface area contributed by atoms with Crippen LogP contribution in [0.5, 0.6) is 0 Å². The Hall–Kier alpha value is 3.42. The van der Waals surface area contributed by atoms with Crippen molar-refractivity contribution in [1.29, 1.82) is 0 Å². The third-order valence-electron chi connectivity index (χ3n) is 0. The van der Waals surface area contributed by atoms with Crippen molar-refractivity contribution in [2.24, 2.45) is 0 Å². The maximum atomic E-state index is 7.33. The van der Waals surface area contributed by atoms with E-state index in [1.807, 2.05) is 0 Å². The Labute approximate surface area is 134 Å². The van der Waals surface area contributed by atoms with Crippen LogP contribution in [0.25, 0.3) is 0 Å². The van der Waals surface area contributed by atoms with Crippen molar-refractivity contribution in [3.05, 3.63) is 0 Å². The Bertz CT molecular complexity index is 42.5. The fraction of sp³-hybridized carbons (Fsp3) is 0. The molecule has 0 spiro atoms. The van der Waals surface area contributed by atoms with E-state index in [1.54, 1.807) is 0 Å². The van der Waals surface area contributed by atoms with Crippen LogP contribution in [0.4, 0.5) is 0 Å². The maximum Gasteiger partial charge on any atom is 2.00 e. The van der Waals surface area contributed by atoms with Gasteiger partial charge in [0.1, 0.15) is 0 Å². The first-order valence-electron chi connectivity index (χ1n) is 0.894. The average Bonchev–Trinajstić information content (AvgIpc) is 0.722. The zero-order valence-electron chi connectivity index (χ0n) is 8.41. The molecule has 8 heteroatoms. The van der Waals surface area contributed by atoms with Gasteiger partial charge in [0.15, 0.2) is 0 Å². The number of hydrogen-bond donors (Lipinski definition) is 4. The first-order chi connectivity index (χ1) is 2.00. The molecule has 0 aromatic rings. The molecule has 0 amide bonds. The molecule has 0 atom stereocenters. The van der Waals surface area contributed by atoms with Crippen LogP contribution in [-0.4, -0.2) is 111 Å². The summed E-state index contributed by atoms with van der Waals surface area (Å²) in [6.45, 7) is 0. The quantitative estimate of drug-likeness (QED) is 0.361. The van der Waals surface area contributed by atoms with Crippen molar-refractivity contribution < 1.29 is 44.4 Å². The van der Waals surface area contributed by atoms with Gasteiger partial charge in [-0.05, 0) is 0 Å². The van der Waals surface area contributed by atoms with Crippen LogP contribution in [0, 0.1) is 0 Å². The normalized spacial score (nSPS) is 7.50. The van der Waals surface area contributed by atoms with Crippen LogP contribution in [-0.2, 0) is 19.5 Å². The SMILES string of the molecule is O[Si](O)(O)O.[Ca+2].[H-].[H-].[H-].[H-].[Sr+2].[Zn]. The Morgan fingerprint density at radius 2 is 1.00 bits per heavy atom. The molecule has 0 aliphatic rings. The second kappa shape index (κ2) is 10.4. The average molecular weight is 293 g/mol. The molecule has 0 fully saturated rings. The summed E-state index contributed by atoms with van der Waals surface area (Å²) < 4.78 is 0. The summed E-state index contributed by atoms with van der Waals surface area (Å²) in [5.41, 5.74) is 0. The molecule has 0 radical (unpaired) electrons. The molecule has 4 nitrogen and oxygen atoms in total. The van der Waals surface area contributed by atoms with Crippen LogP contribution in [0.3, 0.4) is 0 Å². The Kier molecular flexibility index (Phi) is 29.3. The third-order valence-corrected chi connectivity index (χ3v) is 0. The first-order valence-corrected chi connectivity index (χ1v) is 2.68. The zero-order valence-corrected chi connectivity index (χ0v) is 14.1. The predicted molar refractivity (Wildman–Crippen MR) is 30.6 cm³/mol. The van der Waals surface area contributed by atoms with Gasteiger partial charge in [-0.1, -0.05) is 0 Å². The summed E-state index contributed by atoms with van der Waals surface area (Å²) in [6, 6.07) is 0. The third kappa shape index (κ3) is 57.1. The topological polar surface area (TPSA) is 80.9 Å². The van der Waals surface area contributed by atoms with Gasteiger partial charge in [-0.15, -0.1) is 0 Å². The van der Waals surface area contributed by atoms with Crippen LogP contribution in [0.1, 0.15) is 5.71 Å². The van der Waals surface area contributed by atoms with Gasteiger partial charge in [0.2, 0.25) is 0 Å². The summed E-state index contributed by atoms with van der Waals surface area (Å²) in [5.74, 6) is 0. The first kappa shape index (κ1) is 22.5. The van der Waals surface area contributed by atoms with Gasteiger partial charge in [0, 0.05) is 19.5 Å². The van der Waals surface area contributed by atoms with E-state index < -0.39 is 9.05 Å². The summed E-state index contributed by atoms with van der Waals surface area (Å²) in [6.07, 6.45) is 0. The van der Waals surface area contributed by atoms with E-state index in [0.29, 0.717) is 0 Å². The molecule has 0 unspecified atom stereocenters. The minimum Gasteiger partial charge on any atom is -1.00 e.